The van der Waals surface area contributed by atoms with Gasteiger partial charge >= 0.3 is 0 Å². The predicted octanol–water partition coefficient (Wildman–Crippen LogP) is 2.70. The van der Waals surface area contributed by atoms with Crippen LogP contribution in [0.3, 0.4) is 0 Å². The van der Waals surface area contributed by atoms with Gasteiger partial charge in [0.15, 0.2) is 5.96 Å². The second-order valence-electron chi connectivity index (χ2n) is 8.07. The molecule has 0 spiro atoms. The van der Waals surface area contributed by atoms with Crippen LogP contribution in [0.4, 0.5) is 0 Å². The molecule has 0 amide bonds. The first-order chi connectivity index (χ1) is 13.2. The minimum atomic E-state index is 0.474. The van der Waals surface area contributed by atoms with Crippen molar-refractivity contribution < 1.29 is 4.74 Å². The summed E-state index contributed by atoms with van der Waals surface area (Å²) in [6, 6.07) is 11.3. The maximum absolute atomic E-state index is 5.51. The zero-order valence-corrected chi connectivity index (χ0v) is 17.2. The zero-order valence-electron chi connectivity index (χ0n) is 17.2. The molecule has 0 bridgehead atoms. The highest BCUT2D eigenvalue weighted by Crippen LogP contribution is 2.46. The molecule has 0 radical (unpaired) electrons. The molecule has 1 saturated carbocycles. The molecule has 2 aliphatic rings. The summed E-state index contributed by atoms with van der Waals surface area (Å²) in [6.07, 6.45) is 1.28. The Morgan fingerprint density at radius 3 is 2.59 bits per heavy atom. The monoisotopic (exact) mass is 372 g/mol. The molecule has 150 valence electrons. The standard InChI is InChI=1S/C22H36N4O/c1-4-23-22(24-15-19-14-20(19)18-8-6-5-7-9-18)25-16-21(17(2)3)26-10-12-27-13-11-26/h5-9,17,19-21H,4,10-16H2,1-3H3,(H2,23,24,25). The van der Waals surface area contributed by atoms with Crippen LogP contribution in [-0.4, -0.2) is 62.8 Å². The smallest absolute Gasteiger partial charge is 0.191 e. The molecule has 2 N–H and O–H groups in total. The van der Waals surface area contributed by atoms with E-state index in [1.807, 2.05) is 0 Å². The summed E-state index contributed by atoms with van der Waals surface area (Å²) < 4.78 is 5.51. The maximum Gasteiger partial charge on any atom is 0.191 e. The van der Waals surface area contributed by atoms with Gasteiger partial charge < -0.3 is 15.4 Å². The molecule has 3 unspecified atom stereocenters. The number of nitrogens with one attached hydrogen (secondary N) is 2. The van der Waals surface area contributed by atoms with Gasteiger partial charge in [-0.2, -0.15) is 0 Å². The van der Waals surface area contributed by atoms with Crippen LogP contribution in [0.2, 0.25) is 0 Å². The van der Waals surface area contributed by atoms with E-state index in [0.29, 0.717) is 17.9 Å². The van der Waals surface area contributed by atoms with Gasteiger partial charge in [0.25, 0.3) is 0 Å². The summed E-state index contributed by atoms with van der Waals surface area (Å²) in [5.41, 5.74) is 1.47. The number of benzene rings is 1. The number of hydrogen-bond acceptors (Lipinski definition) is 3. The van der Waals surface area contributed by atoms with Gasteiger partial charge in [-0.15, -0.1) is 0 Å². The molecule has 1 heterocycles. The largest absolute Gasteiger partial charge is 0.379 e. The third-order valence-electron chi connectivity index (χ3n) is 5.75. The summed E-state index contributed by atoms with van der Waals surface area (Å²) in [4.78, 5) is 7.45. The molecule has 0 aromatic heterocycles. The van der Waals surface area contributed by atoms with Crippen molar-refractivity contribution >= 4 is 5.96 Å². The van der Waals surface area contributed by atoms with Crippen molar-refractivity contribution in [2.24, 2.45) is 16.8 Å². The number of rotatable bonds is 8. The Labute approximate surface area is 164 Å². The van der Waals surface area contributed by atoms with Crippen LogP contribution in [0, 0.1) is 11.8 Å². The van der Waals surface area contributed by atoms with Gasteiger partial charge in [0.2, 0.25) is 0 Å². The summed E-state index contributed by atoms with van der Waals surface area (Å²) >= 11 is 0. The molecule has 1 aromatic carbocycles. The average molecular weight is 373 g/mol. The van der Waals surface area contributed by atoms with Crippen molar-refractivity contribution in [3.8, 4) is 0 Å². The Kier molecular flexibility index (Phi) is 7.53. The number of ether oxygens (including phenoxy) is 1. The van der Waals surface area contributed by atoms with E-state index in [1.54, 1.807) is 0 Å². The van der Waals surface area contributed by atoms with Crippen molar-refractivity contribution in [3.05, 3.63) is 35.9 Å². The van der Waals surface area contributed by atoms with E-state index >= 15 is 0 Å². The quantitative estimate of drug-likeness (QED) is 0.544. The van der Waals surface area contributed by atoms with Crippen molar-refractivity contribution in [1.82, 2.24) is 15.5 Å². The van der Waals surface area contributed by atoms with Gasteiger partial charge in [0.05, 0.1) is 19.8 Å². The number of guanidine groups is 1. The van der Waals surface area contributed by atoms with Crippen molar-refractivity contribution in [2.75, 3.05) is 45.9 Å². The fraction of sp³-hybridized carbons (Fsp3) is 0.682. The lowest BCUT2D eigenvalue weighted by Gasteiger charge is -2.36. The number of morpholine rings is 1. The lowest BCUT2D eigenvalue weighted by molar-refractivity contribution is 0.00867. The lowest BCUT2D eigenvalue weighted by atomic mass is 10.0. The molecule has 5 nitrogen and oxygen atoms in total. The van der Waals surface area contributed by atoms with Crippen molar-refractivity contribution in [1.29, 1.82) is 0 Å². The van der Waals surface area contributed by atoms with Crippen LogP contribution in [0.25, 0.3) is 0 Å². The Morgan fingerprint density at radius 2 is 1.93 bits per heavy atom. The Balaban J connectivity index is 1.51. The summed E-state index contributed by atoms with van der Waals surface area (Å²) in [7, 11) is 0. The zero-order chi connectivity index (χ0) is 19.1. The number of hydrogen-bond donors (Lipinski definition) is 2. The predicted molar refractivity (Wildman–Crippen MR) is 112 cm³/mol. The summed E-state index contributed by atoms with van der Waals surface area (Å²) in [6.45, 7) is 13.2. The van der Waals surface area contributed by atoms with E-state index in [4.69, 9.17) is 9.73 Å². The molecule has 1 saturated heterocycles. The van der Waals surface area contributed by atoms with E-state index in [0.717, 1.165) is 57.8 Å². The molecular weight excluding hydrogens is 336 g/mol. The maximum atomic E-state index is 5.51. The minimum absolute atomic E-state index is 0.474. The second kappa shape index (κ2) is 10.1. The molecule has 5 heteroatoms. The molecule has 1 aromatic rings. The summed E-state index contributed by atoms with van der Waals surface area (Å²) in [5.74, 6) is 2.96. The summed E-state index contributed by atoms with van der Waals surface area (Å²) in [5, 5.41) is 6.99. The first kappa shape index (κ1) is 20.2. The van der Waals surface area contributed by atoms with Crippen molar-refractivity contribution in [2.45, 2.75) is 39.2 Å². The fourth-order valence-corrected chi connectivity index (χ4v) is 3.99. The van der Waals surface area contributed by atoms with Crippen LogP contribution >= 0.6 is 0 Å². The SMILES string of the molecule is CCNC(=NCC(C(C)C)N1CCOCC1)NCC1CC1c1ccccc1. The second-order valence-corrected chi connectivity index (χ2v) is 8.07. The van der Waals surface area contributed by atoms with Crippen LogP contribution in [-0.2, 0) is 4.74 Å². The van der Waals surface area contributed by atoms with Gasteiger partial charge in [0.1, 0.15) is 0 Å². The molecule has 1 aliphatic heterocycles. The molecule has 27 heavy (non-hydrogen) atoms. The first-order valence-corrected chi connectivity index (χ1v) is 10.6. The Morgan fingerprint density at radius 1 is 1.19 bits per heavy atom. The van der Waals surface area contributed by atoms with Crippen LogP contribution in [0.5, 0.6) is 0 Å². The van der Waals surface area contributed by atoms with Crippen LogP contribution < -0.4 is 10.6 Å². The van der Waals surface area contributed by atoms with Crippen LogP contribution in [0.1, 0.15) is 38.7 Å². The van der Waals surface area contributed by atoms with E-state index in [1.165, 1.54) is 12.0 Å². The third kappa shape index (κ3) is 5.94. The number of aliphatic imine (C=N–C) groups is 1. The van der Waals surface area contributed by atoms with E-state index in [-0.39, 0.29) is 0 Å². The first-order valence-electron chi connectivity index (χ1n) is 10.6. The normalized spacial score (nSPS) is 24.7. The Bertz CT molecular complexity index is 583. The van der Waals surface area contributed by atoms with E-state index in [2.05, 4.69) is 66.6 Å². The van der Waals surface area contributed by atoms with Gasteiger partial charge in [0, 0.05) is 32.2 Å². The highest BCUT2D eigenvalue weighted by molar-refractivity contribution is 5.79. The van der Waals surface area contributed by atoms with E-state index < -0.39 is 0 Å². The fourth-order valence-electron chi connectivity index (χ4n) is 3.99. The van der Waals surface area contributed by atoms with Gasteiger partial charge in [-0.1, -0.05) is 44.2 Å². The topological polar surface area (TPSA) is 48.9 Å². The Hall–Kier alpha value is -1.59. The average Bonchev–Trinajstić information content (AvgIpc) is 3.47. The molecule has 2 fully saturated rings. The number of nitrogens with zero attached hydrogens (tertiary/aromatic N) is 2. The van der Waals surface area contributed by atoms with Crippen LogP contribution in [0.15, 0.2) is 35.3 Å². The highest BCUT2D eigenvalue weighted by Gasteiger charge is 2.37. The van der Waals surface area contributed by atoms with Gasteiger partial charge in [-0.05, 0) is 36.7 Å². The van der Waals surface area contributed by atoms with Gasteiger partial charge in [-0.25, -0.2) is 0 Å². The minimum Gasteiger partial charge on any atom is -0.379 e. The lowest BCUT2D eigenvalue weighted by Crippen LogP contribution is -2.48. The highest BCUT2D eigenvalue weighted by atomic mass is 16.5. The molecular formula is C22H36N4O. The van der Waals surface area contributed by atoms with Gasteiger partial charge in [-0.3, -0.25) is 9.89 Å². The van der Waals surface area contributed by atoms with Crippen molar-refractivity contribution in [3.63, 3.8) is 0 Å². The molecule has 1 aliphatic carbocycles. The molecule has 3 rings (SSSR count). The van der Waals surface area contributed by atoms with E-state index in [9.17, 15) is 0 Å². The molecule has 3 atom stereocenters. The third-order valence-corrected chi connectivity index (χ3v) is 5.75.